The third kappa shape index (κ3) is 3.53. The number of H-pyrrole nitrogens is 1. The Kier molecular flexibility index (Phi) is 4.88. The first-order valence-corrected chi connectivity index (χ1v) is 11.5. The predicted octanol–water partition coefficient (Wildman–Crippen LogP) is 3.38. The second kappa shape index (κ2) is 7.70. The molecule has 0 amide bonds. The molecule has 3 aromatic heterocycles. The third-order valence-electron chi connectivity index (χ3n) is 5.81. The molecule has 4 heterocycles. The van der Waals surface area contributed by atoms with Crippen molar-refractivity contribution in [3.8, 4) is 0 Å². The zero-order valence-electron chi connectivity index (χ0n) is 16.5. The van der Waals surface area contributed by atoms with Crippen LogP contribution in [-0.2, 0) is 16.6 Å². The number of nitrogens with zero attached hydrogens (tertiary/aromatic N) is 4. The summed E-state index contributed by atoms with van der Waals surface area (Å²) in [6.45, 7) is 1.56. The number of piperidine rings is 1. The molecule has 1 aromatic carbocycles. The van der Waals surface area contributed by atoms with Crippen LogP contribution in [0.1, 0.15) is 29.9 Å². The monoisotopic (exact) mass is 421 g/mol. The minimum atomic E-state index is -3.54. The maximum absolute atomic E-state index is 13.1. The van der Waals surface area contributed by atoms with Crippen LogP contribution in [0, 0.1) is 0 Å². The summed E-state index contributed by atoms with van der Waals surface area (Å²) >= 11 is 0. The number of aromatic amines is 1. The largest absolute Gasteiger partial charge is 0.346 e. The van der Waals surface area contributed by atoms with Crippen LogP contribution in [0.25, 0.3) is 11.0 Å². The van der Waals surface area contributed by atoms with Crippen LogP contribution in [0.2, 0.25) is 0 Å². The van der Waals surface area contributed by atoms with E-state index in [0.29, 0.717) is 25.6 Å². The molecule has 154 valence electrons. The molecule has 0 aliphatic carbocycles. The Balaban J connectivity index is 1.28. The predicted molar refractivity (Wildman–Crippen MR) is 115 cm³/mol. The molecule has 1 aliphatic rings. The van der Waals surface area contributed by atoms with E-state index in [1.165, 1.54) is 11.8 Å². The molecule has 0 radical (unpaired) electrons. The third-order valence-corrected chi connectivity index (χ3v) is 7.66. The Morgan fingerprint density at radius 3 is 2.67 bits per heavy atom. The summed E-state index contributed by atoms with van der Waals surface area (Å²) in [6, 6.07) is 13.9. The zero-order chi connectivity index (χ0) is 20.6. The van der Waals surface area contributed by atoms with Crippen molar-refractivity contribution in [2.45, 2.75) is 30.2 Å². The van der Waals surface area contributed by atoms with Gasteiger partial charge in [-0.05, 0) is 42.0 Å². The summed E-state index contributed by atoms with van der Waals surface area (Å²) in [6.07, 6.45) is 8.45. The number of pyridine rings is 1. The van der Waals surface area contributed by atoms with E-state index in [1.807, 2.05) is 42.6 Å². The number of benzene rings is 1. The molecule has 0 atom stereocenters. The molecule has 1 N–H and O–H groups in total. The fourth-order valence-electron chi connectivity index (χ4n) is 4.21. The molecule has 30 heavy (non-hydrogen) atoms. The number of rotatable bonds is 5. The molecule has 1 fully saturated rings. The lowest BCUT2D eigenvalue weighted by Crippen LogP contribution is -2.37. The van der Waals surface area contributed by atoms with Crippen molar-refractivity contribution in [2.75, 3.05) is 13.1 Å². The van der Waals surface area contributed by atoms with E-state index in [-0.39, 0.29) is 4.90 Å². The van der Waals surface area contributed by atoms with E-state index in [4.69, 9.17) is 0 Å². The van der Waals surface area contributed by atoms with Crippen molar-refractivity contribution >= 4 is 21.1 Å². The van der Waals surface area contributed by atoms with Gasteiger partial charge in [0.05, 0.1) is 12.7 Å². The molecule has 0 unspecified atom stereocenters. The van der Waals surface area contributed by atoms with Crippen LogP contribution in [-0.4, -0.2) is 45.6 Å². The fourth-order valence-corrected chi connectivity index (χ4v) is 5.63. The molecule has 8 heteroatoms. The van der Waals surface area contributed by atoms with E-state index in [2.05, 4.69) is 21.1 Å². The van der Waals surface area contributed by atoms with Gasteiger partial charge in [0.15, 0.2) is 0 Å². The van der Waals surface area contributed by atoms with Crippen molar-refractivity contribution in [1.29, 1.82) is 0 Å². The molecule has 4 aromatic rings. The van der Waals surface area contributed by atoms with Crippen LogP contribution >= 0.6 is 0 Å². The lowest BCUT2D eigenvalue weighted by molar-refractivity contribution is 0.320. The van der Waals surface area contributed by atoms with Gasteiger partial charge in [-0.1, -0.05) is 30.3 Å². The number of nitrogens with one attached hydrogen (secondary N) is 1. The van der Waals surface area contributed by atoms with Crippen LogP contribution in [0.15, 0.2) is 72.1 Å². The topological polar surface area (TPSA) is 83.9 Å². The molecule has 0 spiro atoms. The van der Waals surface area contributed by atoms with Gasteiger partial charge >= 0.3 is 0 Å². The van der Waals surface area contributed by atoms with Crippen molar-refractivity contribution < 1.29 is 8.42 Å². The van der Waals surface area contributed by atoms with Crippen LogP contribution < -0.4 is 0 Å². The van der Waals surface area contributed by atoms with Gasteiger partial charge in [-0.3, -0.25) is 4.68 Å². The Labute approximate surface area is 175 Å². The summed E-state index contributed by atoms with van der Waals surface area (Å²) in [4.78, 5) is 7.83. The first kappa shape index (κ1) is 19.0. The minimum absolute atomic E-state index is 0.258. The first-order valence-electron chi connectivity index (χ1n) is 10.1. The Morgan fingerprint density at radius 1 is 1.07 bits per heavy atom. The van der Waals surface area contributed by atoms with Crippen molar-refractivity contribution in [3.05, 3.63) is 78.4 Å². The Hall–Kier alpha value is -2.97. The van der Waals surface area contributed by atoms with Crippen LogP contribution in [0.4, 0.5) is 0 Å². The van der Waals surface area contributed by atoms with Gasteiger partial charge in [0.1, 0.15) is 10.5 Å². The maximum Gasteiger partial charge on any atom is 0.246 e. The SMILES string of the molecule is O=S(=O)(c1cnn(Cc2ccccc2)c1)N1CCC(c2c[nH]c3ncccc23)CC1. The normalized spacial score (nSPS) is 16.3. The van der Waals surface area contributed by atoms with E-state index >= 15 is 0 Å². The highest BCUT2D eigenvalue weighted by Crippen LogP contribution is 2.34. The average molecular weight is 422 g/mol. The summed E-state index contributed by atoms with van der Waals surface area (Å²) in [5.74, 6) is 0.329. The summed E-state index contributed by atoms with van der Waals surface area (Å²) in [5.41, 5.74) is 3.19. The second-order valence-electron chi connectivity index (χ2n) is 7.68. The molecule has 7 nitrogen and oxygen atoms in total. The number of fused-ring (bicyclic) bond motifs is 1. The van der Waals surface area contributed by atoms with Crippen molar-refractivity contribution in [3.63, 3.8) is 0 Å². The average Bonchev–Trinajstić information content (AvgIpc) is 3.42. The zero-order valence-corrected chi connectivity index (χ0v) is 17.3. The van der Waals surface area contributed by atoms with Gasteiger partial charge in [0.2, 0.25) is 10.0 Å². The van der Waals surface area contributed by atoms with E-state index in [9.17, 15) is 8.42 Å². The Bertz CT molecular complexity index is 1250. The fraction of sp³-hybridized carbons (Fsp3) is 0.273. The number of hydrogen-bond donors (Lipinski definition) is 1. The maximum atomic E-state index is 13.1. The highest BCUT2D eigenvalue weighted by Gasteiger charge is 2.31. The highest BCUT2D eigenvalue weighted by atomic mass is 32.2. The lowest BCUT2D eigenvalue weighted by atomic mass is 9.90. The van der Waals surface area contributed by atoms with Gasteiger partial charge in [0.25, 0.3) is 0 Å². The van der Waals surface area contributed by atoms with Gasteiger partial charge in [-0.15, -0.1) is 0 Å². The van der Waals surface area contributed by atoms with Gasteiger partial charge in [-0.25, -0.2) is 13.4 Å². The molecule has 0 bridgehead atoms. The van der Waals surface area contributed by atoms with E-state index in [1.54, 1.807) is 21.4 Å². The van der Waals surface area contributed by atoms with Crippen molar-refractivity contribution in [2.24, 2.45) is 0 Å². The van der Waals surface area contributed by atoms with E-state index < -0.39 is 10.0 Å². The smallest absolute Gasteiger partial charge is 0.246 e. The Morgan fingerprint density at radius 2 is 1.87 bits per heavy atom. The second-order valence-corrected chi connectivity index (χ2v) is 9.62. The minimum Gasteiger partial charge on any atom is -0.346 e. The van der Waals surface area contributed by atoms with Gasteiger partial charge in [0, 0.05) is 37.1 Å². The lowest BCUT2D eigenvalue weighted by Gasteiger charge is -2.30. The molecule has 1 saturated heterocycles. The molecule has 1 aliphatic heterocycles. The van der Waals surface area contributed by atoms with Crippen LogP contribution in [0.3, 0.4) is 0 Å². The number of sulfonamides is 1. The number of aromatic nitrogens is 4. The molecule has 0 saturated carbocycles. The van der Waals surface area contributed by atoms with Gasteiger partial charge in [-0.2, -0.15) is 9.40 Å². The highest BCUT2D eigenvalue weighted by molar-refractivity contribution is 7.89. The van der Waals surface area contributed by atoms with Crippen LogP contribution in [0.5, 0.6) is 0 Å². The van der Waals surface area contributed by atoms with E-state index in [0.717, 1.165) is 29.4 Å². The van der Waals surface area contributed by atoms with Crippen molar-refractivity contribution in [1.82, 2.24) is 24.1 Å². The molecular weight excluding hydrogens is 398 g/mol. The standard InChI is InChI=1S/C22H23N5O2S/c28-30(29,19-13-25-26(16-19)15-17-5-2-1-3-6-17)27-11-8-18(9-12-27)21-14-24-22-20(21)7-4-10-23-22/h1-7,10,13-14,16,18H,8-9,11-12,15H2,(H,23,24). The van der Waals surface area contributed by atoms with Gasteiger partial charge < -0.3 is 4.98 Å². The summed E-state index contributed by atoms with van der Waals surface area (Å²) in [5, 5.41) is 5.39. The molecular formula is C22H23N5O2S. The summed E-state index contributed by atoms with van der Waals surface area (Å²) < 4.78 is 29.5. The molecule has 5 rings (SSSR count). The first-order chi connectivity index (χ1) is 14.6. The quantitative estimate of drug-likeness (QED) is 0.535. The number of hydrogen-bond acceptors (Lipinski definition) is 4. The summed E-state index contributed by atoms with van der Waals surface area (Å²) in [7, 11) is -3.54.